The molecule has 5 atom stereocenters. The third kappa shape index (κ3) is 24.3. The average Bonchev–Trinajstić information content (AvgIpc) is 0.930. The first-order chi connectivity index (χ1) is 52.9. The van der Waals surface area contributed by atoms with Crippen LogP contribution in [-0.4, -0.2) is 227 Å². The lowest BCUT2D eigenvalue weighted by Gasteiger charge is -2.35. The lowest BCUT2D eigenvalue weighted by Crippen LogP contribution is -2.39. The molecular formula is C72H92N13O20PS4+2. The van der Waals surface area contributed by atoms with Gasteiger partial charge in [-0.15, -0.1) is 9.42 Å². The fourth-order valence-electron chi connectivity index (χ4n) is 13.3. The zero-order valence-corrected chi connectivity index (χ0v) is 64.8. The van der Waals surface area contributed by atoms with E-state index in [1.54, 1.807) is 53.0 Å². The van der Waals surface area contributed by atoms with Crippen molar-refractivity contribution in [1.82, 2.24) is 45.3 Å². The number of benzene rings is 4. The molecule has 592 valence electrons. The average molecular weight is 1620 g/mol. The van der Waals surface area contributed by atoms with Gasteiger partial charge in [0, 0.05) is 140 Å². The summed E-state index contributed by atoms with van der Waals surface area (Å²) in [6.07, 6.45) is 7.00. The van der Waals surface area contributed by atoms with Crippen molar-refractivity contribution in [3.05, 3.63) is 123 Å². The fourth-order valence-corrected chi connectivity index (χ4v) is 16.4. The second kappa shape index (κ2) is 40.7. The van der Waals surface area contributed by atoms with Crippen molar-refractivity contribution in [2.45, 2.75) is 88.9 Å². The Bertz CT molecular complexity index is 4760. The van der Waals surface area contributed by atoms with Gasteiger partial charge in [0.25, 0.3) is 32.1 Å². The third-order valence-corrected chi connectivity index (χ3v) is 22.7. The molecule has 1 saturated heterocycles. The molecule has 4 aliphatic rings. The molecule has 0 saturated carbocycles. The van der Waals surface area contributed by atoms with E-state index in [0.29, 0.717) is 121 Å². The van der Waals surface area contributed by atoms with Crippen LogP contribution in [0.4, 0.5) is 11.5 Å². The second-order valence-electron chi connectivity index (χ2n) is 26.2. The highest BCUT2D eigenvalue weighted by molar-refractivity contribution is 8.76. The number of aromatic nitrogens is 3. The Morgan fingerprint density at radius 1 is 0.882 bits per heavy atom. The second-order valence-corrected chi connectivity index (χ2v) is 32.7. The highest BCUT2D eigenvalue weighted by Crippen LogP contribution is 2.47. The van der Waals surface area contributed by atoms with Crippen molar-refractivity contribution in [2.24, 2.45) is 11.5 Å². The summed E-state index contributed by atoms with van der Waals surface area (Å²) in [4.78, 5) is 87.0. The number of ether oxygens (including phenoxy) is 6. The number of nitrogens with two attached hydrogens (primary N) is 3. The van der Waals surface area contributed by atoms with E-state index in [2.05, 4.69) is 64.7 Å². The number of rotatable bonds is 41. The topological polar surface area (TPSA) is 462 Å². The summed E-state index contributed by atoms with van der Waals surface area (Å²) in [5.74, 6) is 6.54. The number of hydrogen-bond acceptors (Lipinski definition) is 25. The Kier molecular flexibility index (Phi) is 31.1. The fraction of sp³-hybridized carbons (Fsp3) is 0.472. The van der Waals surface area contributed by atoms with Gasteiger partial charge in [0.2, 0.25) is 23.1 Å². The van der Waals surface area contributed by atoms with Crippen molar-refractivity contribution in [1.29, 1.82) is 0 Å². The molecule has 0 radical (unpaired) electrons. The molecule has 13 N–H and O–H groups in total. The highest BCUT2D eigenvalue weighted by Gasteiger charge is 2.40. The number of fused-ring (bicyclic) bond motifs is 5. The van der Waals surface area contributed by atoms with Gasteiger partial charge in [0.15, 0.2) is 0 Å². The molecule has 0 aliphatic carbocycles. The molecule has 10 rings (SSSR count). The minimum Gasteiger partial charge on any atom is -0.489 e. The van der Waals surface area contributed by atoms with Gasteiger partial charge in [0.05, 0.1) is 61.1 Å². The van der Waals surface area contributed by atoms with Crippen LogP contribution in [-0.2, 0) is 75.5 Å². The summed E-state index contributed by atoms with van der Waals surface area (Å²) in [6, 6.07) is 19.9. The van der Waals surface area contributed by atoms with Gasteiger partial charge in [-0.1, -0.05) is 57.7 Å². The van der Waals surface area contributed by atoms with Gasteiger partial charge < -0.3 is 81.3 Å². The number of hydrogen-bond donors (Lipinski definition) is 10. The lowest BCUT2D eigenvalue weighted by molar-refractivity contribution is -0.126. The minimum atomic E-state index is -4.20. The lowest BCUT2D eigenvalue weighted by atomic mass is 9.84. The number of carbonyl (C=O) groups is 5. The van der Waals surface area contributed by atoms with E-state index in [1.807, 2.05) is 30.3 Å². The van der Waals surface area contributed by atoms with E-state index in [1.165, 1.54) is 27.9 Å². The molecule has 4 aliphatic heterocycles. The van der Waals surface area contributed by atoms with Crippen molar-refractivity contribution in [2.75, 3.05) is 139 Å². The Balaban J connectivity index is 0.588. The molecular weight excluding hydrogens is 1530 g/mol. The minimum absolute atomic E-state index is 0.0281. The maximum atomic E-state index is 14.6. The van der Waals surface area contributed by atoms with Crippen LogP contribution in [0.15, 0.2) is 79.3 Å². The molecule has 38 heteroatoms. The predicted octanol–water partition coefficient (Wildman–Crippen LogP) is 2.77. The van der Waals surface area contributed by atoms with Gasteiger partial charge in [-0.25, -0.2) is 14.5 Å². The van der Waals surface area contributed by atoms with Crippen LogP contribution in [0.1, 0.15) is 101 Å². The first-order valence-electron chi connectivity index (χ1n) is 35.9. The molecule has 4 aromatic carbocycles. The van der Waals surface area contributed by atoms with E-state index in [4.69, 9.17) is 55.0 Å². The molecule has 0 bridgehead atoms. The molecule has 3 unspecified atom stereocenters. The van der Waals surface area contributed by atoms with Crippen LogP contribution in [0.3, 0.4) is 0 Å². The summed E-state index contributed by atoms with van der Waals surface area (Å²) in [5.41, 5.74) is 24.8. The van der Waals surface area contributed by atoms with Crippen LogP contribution < -0.4 is 68.0 Å². The van der Waals surface area contributed by atoms with Crippen molar-refractivity contribution in [3.63, 3.8) is 0 Å². The largest absolute Gasteiger partial charge is 0.694 e. The van der Waals surface area contributed by atoms with Gasteiger partial charge in [-0.3, -0.25) is 33.1 Å². The molecule has 1 fully saturated rings. The van der Waals surface area contributed by atoms with Crippen LogP contribution in [0.25, 0.3) is 28.2 Å². The first-order valence-corrected chi connectivity index (χ1v) is 42.7. The molecule has 5 amide bonds. The maximum absolute atomic E-state index is 14.6. The highest BCUT2D eigenvalue weighted by atomic mass is 33.1. The van der Waals surface area contributed by atoms with Gasteiger partial charge in [-0.05, 0) is 85.2 Å². The van der Waals surface area contributed by atoms with Crippen LogP contribution in [0, 0.1) is 11.8 Å². The molecule has 6 aromatic rings. The Morgan fingerprint density at radius 3 is 2.47 bits per heavy atom. The number of nitrogen functional groups attached to an aromatic ring is 1. The molecule has 2 aromatic heterocycles. The zero-order valence-electron chi connectivity index (χ0n) is 60.7. The monoisotopic (exact) mass is 1620 g/mol. The van der Waals surface area contributed by atoms with Crippen LogP contribution >= 0.6 is 29.8 Å². The standard InChI is InChI=1S/C72H90N13O20PS4/c1-82(72(90)53-16-3-2-15-52(53)68-54-17-7-26-84(28-10-34-110(96,97)98)57(54)39-59-55(68)37-50-35-47-13-6-25-83(27-9-33-109(93,94)95)56(47)38-58(50)104-59)24-8-18-63(86)78-23-32-108-107-31-19-64(87)77-21-22-79-71(89)48-11-4-14-51(36-48)101-43-62(74)100-30-29-99-44-65(88)76-20-5-12-49-41-85(70-67(49)69(75)80-46-81-70)66-40-60(102-45-73)61(105-66)42-103-106(91)92/h2-4,11,14-16,35-39,41,46,60-62,66H,6-10,13,17-34,40,42-45,73-74H2,1H3,(H7-2,75,76,77,78,79,80,81,86,87,88,89,91,92,93,94,95,96,97,98)/p+2/t60-,61?,62?,66-/m1/s1. The number of nitrogens with one attached hydrogen (secondary N) is 4. The zero-order chi connectivity index (χ0) is 78.3. The number of carbonyl (C=O) groups excluding carboxylic acids is 5. The summed E-state index contributed by atoms with van der Waals surface area (Å²) < 4.78 is 121. The number of anilines is 2. The molecule has 0 spiro atoms. The smallest absolute Gasteiger partial charge is 0.489 e. The predicted molar refractivity (Wildman–Crippen MR) is 414 cm³/mol. The third-order valence-electron chi connectivity index (χ3n) is 18.3. The number of nitrogens with zero attached hydrogens (tertiary/aromatic N) is 6. The van der Waals surface area contributed by atoms with E-state index in [-0.39, 0.29) is 120 Å². The SMILES string of the molecule is CN(CCCC(=O)NCCSSCCC(=O)NCCNC(=O)c1cccc(OCC(N)OCCOCC(=O)NCC#Cc2cn([C@H]3C[C@@H](OCN)C(CO[P+](=O)O)O3)c3ncnc(N)c23)c1)C(=O)c1ccccc1-c1c2c(cc3c1CCCN3CCCS(=O)(=O)O)Oc1cc3c(cc1=C2)CCC[N+]=3CCCS(=O)(=O)O. The molecule has 33 nitrogen and oxygen atoms in total. The summed E-state index contributed by atoms with van der Waals surface area (Å²) in [7, 11) is -6.45. The quantitative estimate of drug-likeness (QED) is 0.00501. The van der Waals surface area contributed by atoms with Crippen molar-refractivity contribution < 1.29 is 92.3 Å². The van der Waals surface area contributed by atoms with Gasteiger partial charge in [-0.2, -0.15) is 16.8 Å². The molecule has 110 heavy (non-hydrogen) atoms. The normalized spacial score (nSPS) is 16.2. The number of amides is 5. The summed E-state index contributed by atoms with van der Waals surface area (Å²) in [5, 5.41) is 13.4. The van der Waals surface area contributed by atoms with Crippen LogP contribution in [0.2, 0.25) is 0 Å². The Hall–Kier alpha value is -8.42. The Morgan fingerprint density at radius 2 is 1.66 bits per heavy atom. The van der Waals surface area contributed by atoms with E-state index in [0.717, 1.165) is 57.8 Å². The Labute approximate surface area is 645 Å². The maximum Gasteiger partial charge on any atom is 0.694 e. The van der Waals surface area contributed by atoms with Crippen molar-refractivity contribution >= 4 is 108 Å². The van der Waals surface area contributed by atoms with Crippen molar-refractivity contribution in [3.8, 4) is 40.2 Å². The van der Waals surface area contributed by atoms with Gasteiger partial charge >= 0.3 is 8.25 Å². The van der Waals surface area contributed by atoms with Crippen LogP contribution in [0.5, 0.6) is 17.2 Å². The van der Waals surface area contributed by atoms with E-state index >= 15 is 0 Å². The van der Waals surface area contributed by atoms with E-state index in [9.17, 15) is 54.5 Å². The first kappa shape index (κ1) is 84.0. The van der Waals surface area contributed by atoms with Gasteiger partial charge in [0.1, 0.15) is 86.5 Å². The molecule has 6 heterocycles. The summed E-state index contributed by atoms with van der Waals surface area (Å²) >= 11 is 0. The number of aryl methyl sites for hydroxylation is 1. The van der Waals surface area contributed by atoms with E-state index < -0.39 is 64.8 Å². The summed E-state index contributed by atoms with van der Waals surface area (Å²) in [6.45, 7) is 2.61.